The Morgan fingerprint density at radius 2 is 2.24 bits per heavy atom. The molecule has 1 N–H and O–H groups in total. The molecule has 1 atom stereocenters. The Labute approximate surface area is 126 Å². The molecule has 1 aromatic rings. The maximum absolute atomic E-state index is 13.3. The Kier molecular flexibility index (Phi) is 5.19. The Balaban J connectivity index is 1.86. The largest absolute Gasteiger partial charge is 0.372 e. The topological polar surface area (TPSA) is 39.1 Å². The van der Waals surface area contributed by atoms with Gasteiger partial charge < -0.3 is 4.90 Å². The van der Waals surface area contributed by atoms with Crippen LogP contribution in [-0.2, 0) is 0 Å². The summed E-state index contributed by atoms with van der Waals surface area (Å²) in [6.07, 6.45) is 4.09. The van der Waals surface area contributed by atoms with Gasteiger partial charge in [-0.05, 0) is 57.7 Å². The average molecular weight is 289 g/mol. The van der Waals surface area contributed by atoms with Crippen LogP contribution in [0.3, 0.4) is 0 Å². The Morgan fingerprint density at radius 1 is 1.48 bits per heavy atom. The minimum Gasteiger partial charge on any atom is -0.372 e. The van der Waals surface area contributed by atoms with Crippen molar-refractivity contribution in [1.82, 2.24) is 5.32 Å². The minimum atomic E-state index is -0.442. The lowest BCUT2D eigenvalue weighted by molar-refractivity contribution is 0.404. The molecule has 1 aliphatic rings. The van der Waals surface area contributed by atoms with E-state index in [2.05, 4.69) is 23.2 Å². The first-order chi connectivity index (χ1) is 10.1. The summed E-state index contributed by atoms with van der Waals surface area (Å²) in [5, 5.41) is 12.8. The molecule has 21 heavy (non-hydrogen) atoms. The van der Waals surface area contributed by atoms with Crippen LogP contribution in [0.1, 0.15) is 39.5 Å². The number of nitriles is 1. The number of halogens is 1. The Bertz CT molecular complexity index is 507. The molecule has 0 aromatic heterocycles. The van der Waals surface area contributed by atoms with Gasteiger partial charge in [0.15, 0.2) is 0 Å². The van der Waals surface area contributed by atoms with Crippen molar-refractivity contribution >= 4 is 5.69 Å². The smallest absolute Gasteiger partial charge is 0.125 e. The maximum atomic E-state index is 13.3. The van der Waals surface area contributed by atoms with Gasteiger partial charge in [0.25, 0.3) is 0 Å². The van der Waals surface area contributed by atoms with Gasteiger partial charge in [0, 0.05) is 24.8 Å². The van der Waals surface area contributed by atoms with E-state index in [4.69, 9.17) is 0 Å². The molecule has 1 fully saturated rings. The standard InChI is InChI=1S/C17H24FN3/c1-3-21(16-7-4-6-14(18)12-16)11-5-10-17(2,13-19)20-15-8-9-15/h4,6-7,12,15,20H,3,5,8-11H2,1-2H3. The highest BCUT2D eigenvalue weighted by Gasteiger charge is 2.32. The highest BCUT2D eigenvalue weighted by molar-refractivity contribution is 5.46. The molecule has 0 radical (unpaired) electrons. The highest BCUT2D eigenvalue weighted by atomic mass is 19.1. The number of rotatable bonds is 8. The van der Waals surface area contributed by atoms with Crippen LogP contribution < -0.4 is 10.2 Å². The van der Waals surface area contributed by atoms with Crippen molar-refractivity contribution in [3.63, 3.8) is 0 Å². The van der Waals surface area contributed by atoms with Crippen molar-refractivity contribution in [3.8, 4) is 6.07 Å². The summed E-state index contributed by atoms with van der Waals surface area (Å²) in [6, 6.07) is 9.62. The molecule has 0 saturated heterocycles. The molecule has 3 nitrogen and oxygen atoms in total. The van der Waals surface area contributed by atoms with Crippen molar-refractivity contribution in [2.75, 3.05) is 18.0 Å². The van der Waals surface area contributed by atoms with Crippen molar-refractivity contribution in [1.29, 1.82) is 5.26 Å². The zero-order valence-corrected chi connectivity index (χ0v) is 12.9. The normalized spacial score (nSPS) is 17.0. The van der Waals surface area contributed by atoms with Crippen LogP contribution in [0.15, 0.2) is 24.3 Å². The molecule has 1 aliphatic carbocycles. The second kappa shape index (κ2) is 6.91. The third-order valence-electron chi connectivity index (χ3n) is 4.01. The molecule has 1 aromatic carbocycles. The van der Waals surface area contributed by atoms with E-state index in [1.165, 1.54) is 18.9 Å². The van der Waals surface area contributed by atoms with E-state index in [1.807, 2.05) is 13.0 Å². The van der Waals surface area contributed by atoms with Crippen LogP contribution >= 0.6 is 0 Å². The van der Waals surface area contributed by atoms with Crippen molar-refractivity contribution in [3.05, 3.63) is 30.1 Å². The van der Waals surface area contributed by atoms with Crippen molar-refractivity contribution in [2.45, 2.75) is 51.1 Å². The van der Waals surface area contributed by atoms with Gasteiger partial charge in [0.2, 0.25) is 0 Å². The number of anilines is 1. The van der Waals surface area contributed by atoms with E-state index in [0.29, 0.717) is 6.04 Å². The predicted molar refractivity (Wildman–Crippen MR) is 83.7 cm³/mol. The molecule has 0 heterocycles. The molecule has 4 heteroatoms. The van der Waals surface area contributed by atoms with Crippen LogP contribution in [-0.4, -0.2) is 24.7 Å². The first-order valence-corrected chi connectivity index (χ1v) is 7.76. The van der Waals surface area contributed by atoms with E-state index >= 15 is 0 Å². The number of hydrogen-bond donors (Lipinski definition) is 1. The second-order valence-electron chi connectivity index (χ2n) is 6.03. The van der Waals surface area contributed by atoms with Gasteiger partial charge in [-0.3, -0.25) is 5.32 Å². The third-order valence-corrected chi connectivity index (χ3v) is 4.01. The van der Waals surface area contributed by atoms with Gasteiger partial charge in [-0.15, -0.1) is 0 Å². The number of nitrogens with one attached hydrogen (secondary N) is 1. The lowest BCUT2D eigenvalue weighted by Crippen LogP contribution is -2.43. The quantitative estimate of drug-likeness (QED) is 0.796. The van der Waals surface area contributed by atoms with E-state index in [1.54, 1.807) is 12.1 Å². The second-order valence-corrected chi connectivity index (χ2v) is 6.03. The lowest BCUT2D eigenvalue weighted by Gasteiger charge is -2.27. The first-order valence-electron chi connectivity index (χ1n) is 7.76. The summed E-state index contributed by atoms with van der Waals surface area (Å²) in [5.74, 6) is -0.205. The fraction of sp³-hybridized carbons (Fsp3) is 0.588. The molecule has 0 bridgehead atoms. The molecular formula is C17H24FN3. The molecule has 1 saturated carbocycles. The molecule has 2 rings (SSSR count). The maximum Gasteiger partial charge on any atom is 0.125 e. The molecule has 0 amide bonds. The fourth-order valence-corrected chi connectivity index (χ4v) is 2.60. The number of benzene rings is 1. The zero-order chi connectivity index (χ0) is 15.3. The van der Waals surface area contributed by atoms with Gasteiger partial charge in [-0.1, -0.05) is 6.07 Å². The van der Waals surface area contributed by atoms with Crippen LogP contribution in [0.5, 0.6) is 0 Å². The van der Waals surface area contributed by atoms with E-state index in [-0.39, 0.29) is 5.82 Å². The summed E-state index contributed by atoms with van der Waals surface area (Å²) in [4.78, 5) is 2.15. The van der Waals surface area contributed by atoms with E-state index < -0.39 is 5.54 Å². The van der Waals surface area contributed by atoms with Gasteiger partial charge >= 0.3 is 0 Å². The van der Waals surface area contributed by atoms with Crippen molar-refractivity contribution in [2.24, 2.45) is 0 Å². The van der Waals surface area contributed by atoms with Gasteiger partial charge in [0.05, 0.1) is 6.07 Å². The van der Waals surface area contributed by atoms with Crippen LogP contribution in [0.25, 0.3) is 0 Å². The molecular weight excluding hydrogens is 265 g/mol. The van der Waals surface area contributed by atoms with Gasteiger partial charge in [0.1, 0.15) is 11.4 Å². The summed E-state index contributed by atoms with van der Waals surface area (Å²) < 4.78 is 13.3. The summed E-state index contributed by atoms with van der Waals surface area (Å²) in [6.45, 7) is 5.72. The van der Waals surface area contributed by atoms with Crippen LogP contribution in [0.2, 0.25) is 0 Å². The number of hydrogen-bond acceptors (Lipinski definition) is 3. The van der Waals surface area contributed by atoms with Crippen LogP contribution in [0, 0.1) is 17.1 Å². The average Bonchev–Trinajstić information content (AvgIpc) is 3.27. The third kappa shape index (κ3) is 4.71. The summed E-state index contributed by atoms with van der Waals surface area (Å²) in [7, 11) is 0. The summed E-state index contributed by atoms with van der Waals surface area (Å²) in [5.41, 5.74) is 0.467. The Hall–Kier alpha value is -1.60. The first kappa shape index (κ1) is 15.8. The highest BCUT2D eigenvalue weighted by Crippen LogP contribution is 2.25. The van der Waals surface area contributed by atoms with Gasteiger partial charge in [-0.25, -0.2) is 4.39 Å². The molecule has 1 unspecified atom stereocenters. The summed E-state index contributed by atoms with van der Waals surface area (Å²) >= 11 is 0. The Morgan fingerprint density at radius 3 is 2.81 bits per heavy atom. The fourth-order valence-electron chi connectivity index (χ4n) is 2.60. The monoisotopic (exact) mass is 289 g/mol. The van der Waals surface area contributed by atoms with Crippen molar-refractivity contribution < 1.29 is 4.39 Å². The van der Waals surface area contributed by atoms with Crippen LogP contribution in [0.4, 0.5) is 10.1 Å². The molecule has 0 aliphatic heterocycles. The molecule has 114 valence electrons. The van der Waals surface area contributed by atoms with E-state index in [9.17, 15) is 9.65 Å². The predicted octanol–water partition coefficient (Wildman–Crippen LogP) is 3.47. The van der Waals surface area contributed by atoms with Gasteiger partial charge in [-0.2, -0.15) is 5.26 Å². The molecule has 0 spiro atoms. The SMILES string of the molecule is CCN(CCCC(C)(C#N)NC1CC1)c1cccc(F)c1. The number of nitrogens with zero attached hydrogens (tertiary/aromatic N) is 2. The minimum absolute atomic E-state index is 0.205. The van der Waals surface area contributed by atoms with E-state index in [0.717, 1.165) is 31.6 Å². The lowest BCUT2D eigenvalue weighted by atomic mass is 9.97. The zero-order valence-electron chi connectivity index (χ0n) is 12.9.